The number of aryl methyl sites for hydroxylation is 1. The topological polar surface area (TPSA) is 122 Å². The highest BCUT2D eigenvalue weighted by atomic mass is 16.6. The van der Waals surface area contributed by atoms with Crippen LogP contribution in [0.2, 0.25) is 0 Å². The third-order valence-corrected chi connectivity index (χ3v) is 8.61. The Kier molecular flexibility index (Phi) is 10.8. The van der Waals surface area contributed by atoms with Gasteiger partial charge in [0.05, 0.1) is 6.04 Å². The first-order valence-corrected chi connectivity index (χ1v) is 16.9. The number of carbonyl (C=O) groups excluding carboxylic acids is 4. The van der Waals surface area contributed by atoms with Crippen molar-refractivity contribution >= 4 is 45.7 Å². The molecule has 0 spiro atoms. The number of ether oxygens (including phenoxy) is 1. The molecule has 1 fully saturated rings. The molecule has 3 aromatic carbocycles. The lowest BCUT2D eigenvalue weighted by Crippen LogP contribution is -2.53. The standard InChI is InChI=1S/C38H46N4O6/c1-25(2)19-24-42(35(44)28-20-22-41(23-21-28)37(46)48-38(3,4)5)36(45)40-30(17-15-26-11-7-6-8-12-26)32(43)34-39-31-18-16-27-13-9-10-14-29(27)33(31)47-34/h6-14,16,18,25,28,30H,15,17,19-24H2,1-5H3,(H,40,45)/t30-/m0/s1. The van der Waals surface area contributed by atoms with Crippen LogP contribution in [0.15, 0.2) is 71.1 Å². The Morgan fingerprint density at radius 3 is 2.33 bits per heavy atom. The molecule has 0 saturated carbocycles. The third kappa shape index (κ3) is 8.59. The first-order valence-electron chi connectivity index (χ1n) is 16.9. The van der Waals surface area contributed by atoms with E-state index in [2.05, 4.69) is 10.3 Å². The van der Waals surface area contributed by atoms with Gasteiger partial charge in [0.25, 0.3) is 5.89 Å². The summed E-state index contributed by atoms with van der Waals surface area (Å²) in [6, 6.07) is 19.6. The fourth-order valence-electron chi connectivity index (χ4n) is 5.92. The number of nitrogens with one attached hydrogen (secondary N) is 1. The monoisotopic (exact) mass is 654 g/mol. The molecular formula is C38H46N4O6. The molecule has 1 atom stereocenters. The predicted octanol–water partition coefficient (Wildman–Crippen LogP) is 7.40. The van der Waals surface area contributed by atoms with Crippen LogP contribution in [-0.2, 0) is 16.0 Å². The van der Waals surface area contributed by atoms with Gasteiger partial charge in [0.1, 0.15) is 11.1 Å². The maximum Gasteiger partial charge on any atom is 0.410 e. The Morgan fingerprint density at radius 1 is 0.958 bits per heavy atom. The third-order valence-electron chi connectivity index (χ3n) is 8.61. The number of Topliss-reactive ketones (excluding diaryl/α,β-unsaturated/α-hetero) is 1. The first kappa shape index (κ1) is 34.6. The molecule has 1 N–H and O–H groups in total. The number of imide groups is 1. The molecular weight excluding hydrogens is 608 g/mol. The molecule has 5 rings (SSSR count). The van der Waals surface area contributed by atoms with Crippen LogP contribution in [0.3, 0.4) is 0 Å². The zero-order valence-corrected chi connectivity index (χ0v) is 28.5. The minimum Gasteiger partial charge on any atom is -0.444 e. The fraction of sp³-hybridized carbons (Fsp3) is 0.447. The molecule has 0 aliphatic carbocycles. The zero-order valence-electron chi connectivity index (χ0n) is 28.5. The summed E-state index contributed by atoms with van der Waals surface area (Å²) in [5, 5.41) is 4.70. The van der Waals surface area contributed by atoms with Crippen molar-refractivity contribution in [2.75, 3.05) is 19.6 Å². The summed E-state index contributed by atoms with van der Waals surface area (Å²) in [6.07, 6.45) is 1.83. The molecule has 0 bridgehead atoms. The number of nitrogens with zero attached hydrogens (tertiary/aromatic N) is 3. The van der Waals surface area contributed by atoms with Crippen molar-refractivity contribution in [3.05, 3.63) is 78.2 Å². The Balaban J connectivity index is 1.36. The minimum absolute atomic E-state index is 0.0886. The Morgan fingerprint density at radius 2 is 1.65 bits per heavy atom. The van der Waals surface area contributed by atoms with Crippen LogP contribution < -0.4 is 5.32 Å². The molecule has 1 aliphatic heterocycles. The number of piperidine rings is 1. The number of hydrogen-bond donors (Lipinski definition) is 1. The van der Waals surface area contributed by atoms with E-state index in [1.807, 2.05) is 101 Å². The molecule has 254 valence electrons. The fourth-order valence-corrected chi connectivity index (χ4v) is 5.92. The van der Waals surface area contributed by atoms with Crippen molar-refractivity contribution in [3.63, 3.8) is 0 Å². The van der Waals surface area contributed by atoms with Crippen LogP contribution >= 0.6 is 0 Å². The van der Waals surface area contributed by atoms with Gasteiger partial charge in [-0.1, -0.05) is 74.5 Å². The van der Waals surface area contributed by atoms with Gasteiger partial charge in [0.15, 0.2) is 5.58 Å². The number of aromatic nitrogens is 1. The zero-order chi connectivity index (χ0) is 34.4. The van der Waals surface area contributed by atoms with Gasteiger partial charge in [0.2, 0.25) is 11.7 Å². The van der Waals surface area contributed by atoms with Crippen molar-refractivity contribution < 1.29 is 28.3 Å². The van der Waals surface area contributed by atoms with E-state index in [4.69, 9.17) is 9.15 Å². The SMILES string of the molecule is CC(C)CCN(C(=O)N[C@@H](CCc1ccccc1)C(=O)c1nc2ccc3ccccc3c2o1)C(=O)C1CCN(C(=O)OC(C)(C)C)CC1. The maximum atomic E-state index is 14.0. The highest BCUT2D eigenvalue weighted by Crippen LogP contribution is 2.27. The van der Waals surface area contributed by atoms with Crippen molar-refractivity contribution in [2.24, 2.45) is 11.8 Å². The van der Waals surface area contributed by atoms with E-state index >= 15 is 0 Å². The molecule has 10 nitrogen and oxygen atoms in total. The number of oxazole rings is 1. The minimum atomic E-state index is -0.986. The van der Waals surface area contributed by atoms with Gasteiger partial charge in [-0.3, -0.25) is 14.5 Å². The summed E-state index contributed by atoms with van der Waals surface area (Å²) in [7, 11) is 0. The largest absolute Gasteiger partial charge is 0.444 e. The molecule has 4 amide bonds. The van der Waals surface area contributed by atoms with Gasteiger partial charge in [-0.25, -0.2) is 14.6 Å². The first-order chi connectivity index (χ1) is 22.9. The smallest absolute Gasteiger partial charge is 0.410 e. The van der Waals surface area contributed by atoms with Gasteiger partial charge in [-0.15, -0.1) is 0 Å². The number of likely N-dealkylation sites (tertiary alicyclic amines) is 1. The van der Waals surface area contributed by atoms with Crippen molar-refractivity contribution in [2.45, 2.75) is 78.4 Å². The molecule has 4 aromatic rings. The second kappa shape index (κ2) is 15.0. The number of urea groups is 1. The molecule has 0 unspecified atom stereocenters. The van der Waals surface area contributed by atoms with Crippen LogP contribution in [0.4, 0.5) is 9.59 Å². The second-order valence-corrected chi connectivity index (χ2v) is 14.0. The highest BCUT2D eigenvalue weighted by Gasteiger charge is 2.36. The van der Waals surface area contributed by atoms with Crippen molar-refractivity contribution in [1.29, 1.82) is 0 Å². The number of fused-ring (bicyclic) bond motifs is 3. The van der Waals surface area contributed by atoms with Crippen LogP contribution in [0, 0.1) is 11.8 Å². The van der Waals surface area contributed by atoms with Crippen LogP contribution in [0.1, 0.15) is 76.6 Å². The second-order valence-electron chi connectivity index (χ2n) is 14.0. The van der Waals surface area contributed by atoms with E-state index < -0.39 is 35.5 Å². The van der Waals surface area contributed by atoms with Gasteiger partial charge >= 0.3 is 12.1 Å². The van der Waals surface area contributed by atoms with Gasteiger partial charge < -0.3 is 19.4 Å². The predicted molar refractivity (Wildman–Crippen MR) is 185 cm³/mol. The molecule has 0 radical (unpaired) electrons. The van der Waals surface area contributed by atoms with Gasteiger partial charge in [-0.05, 0) is 75.8 Å². The summed E-state index contributed by atoms with van der Waals surface area (Å²) in [5.74, 6) is -1.05. The number of amides is 4. The molecule has 1 saturated heterocycles. The van der Waals surface area contributed by atoms with Crippen LogP contribution in [0.5, 0.6) is 0 Å². The van der Waals surface area contributed by atoms with Gasteiger partial charge in [-0.2, -0.15) is 0 Å². The van der Waals surface area contributed by atoms with E-state index in [9.17, 15) is 19.2 Å². The van der Waals surface area contributed by atoms with E-state index in [0.717, 1.165) is 16.3 Å². The number of ketones is 1. The number of benzene rings is 3. The van der Waals surface area contributed by atoms with Crippen molar-refractivity contribution in [1.82, 2.24) is 20.1 Å². The molecule has 1 aromatic heterocycles. The summed E-state index contributed by atoms with van der Waals surface area (Å²) in [5.41, 5.74) is 1.46. The van der Waals surface area contributed by atoms with Crippen LogP contribution in [0.25, 0.3) is 21.9 Å². The molecule has 1 aliphatic rings. The normalized spacial score (nSPS) is 14.7. The average Bonchev–Trinajstić information content (AvgIpc) is 3.51. The Labute approximate surface area is 281 Å². The van der Waals surface area contributed by atoms with E-state index in [1.54, 1.807) is 4.90 Å². The Hall–Kier alpha value is -4.73. The maximum absolute atomic E-state index is 14.0. The lowest BCUT2D eigenvalue weighted by molar-refractivity contribution is -0.134. The molecule has 48 heavy (non-hydrogen) atoms. The summed E-state index contributed by atoms with van der Waals surface area (Å²) in [6.45, 7) is 10.4. The summed E-state index contributed by atoms with van der Waals surface area (Å²) >= 11 is 0. The van der Waals surface area contributed by atoms with E-state index in [1.165, 1.54) is 4.90 Å². The average molecular weight is 655 g/mol. The van der Waals surface area contributed by atoms with E-state index in [-0.39, 0.29) is 30.7 Å². The van der Waals surface area contributed by atoms with Crippen LogP contribution in [-0.4, -0.2) is 69.9 Å². The number of rotatable bonds is 10. The Bertz CT molecular complexity index is 1750. The molecule has 2 heterocycles. The van der Waals surface area contributed by atoms with Crippen molar-refractivity contribution in [3.8, 4) is 0 Å². The summed E-state index contributed by atoms with van der Waals surface area (Å²) < 4.78 is 11.6. The summed E-state index contributed by atoms with van der Waals surface area (Å²) in [4.78, 5) is 61.9. The van der Waals surface area contributed by atoms with E-state index in [0.29, 0.717) is 49.9 Å². The quantitative estimate of drug-likeness (QED) is 0.177. The number of hydrogen-bond acceptors (Lipinski definition) is 7. The number of carbonyl (C=O) groups is 4. The lowest BCUT2D eigenvalue weighted by atomic mass is 9.95. The highest BCUT2D eigenvalue weighted by molar-refractivity contribution is 6.06. The van der Waals surface area contributed by atoms with Gasteiger partial charge in [0, 0.05) is 30.9 Å². The lowest BCUT2D eigenvalue weighted by Gasteiger charge is -2.35. The molecule has 10 heteroatoms.